The summed E-state index contributed by atoms with van der Waals surface area (Å²) in [6.07, 6.45) is 1.93. The Bertz CT molecular complexity index is 981. The second-order valence-electron chi connectivity index (χ2n) is 6.91. The van der Waals surface area contributed by atoms with Crippen molar-refractivity contribution >= 4 is 34.7 Å². The summed E-state index contributed by atoms with van der Waals surface area (Å²) in [5, 5.41) is 14.0. The number of hydrogen-bond donors (Lipinski definition) is 1. The summed E-state index contributed by atoms with van der Waals surface area (Å²) in [7, 11) is 0. The van der Waals surface area contributed by atoms with E-state index in [0.717, 1.165) is 25.9 Å². The Morgan fingerprint density at radius 1 is 1.07 bits per heavy atom. The quantitative estimate of drug-likeness (QED) is 0.322. The number of hydrogen-bond acceptors (Lipinski definition) is 7. The molecule has 9 heteroatoms. The highest BCUT2D eigenvalue weighted by atomic mass is 16.6. The minimum absolute atomic E-state index is 0.0125. The lowest BCUT2D eigenvalue weighted by Crippen LogP contribution is -2.19. The van der Waals surface area contributed by atoms with Crippen LogP contribution in [0.15, 0.2) is 42.5 Å². The molecule has 0 bridgehead atoms. The highest BCUT2D eigenvalue weighted by molar-refractivity contribution is 6.00. The fraction of sp³-hybridized carbons (Fsp3) is 0.286. The maximum atomic E-state index is 12.3. The predicted octanol–water partition coefficient (Wildman–Crippen LogP) is 3.19. The average Bonchev–Trinajstić information content (AvgIpc) is 3.26. The minimum atomic E-state index is -0.811. The van der Waals surface area contributed by atoms with E-state index in [4.69, 9.17) is 4.74 Å². The Kier molecular flexibility index (Phi) is 6.41. The Balaban J connectivity index is 1.65. The van der Waals surface area contributed by atoms with Crippen LogP contribution < -0.4 is 10.2 Å². The van der Waals surface area contributed by atoms with Crippen LogP contribution in [0.4, 0.5) is 17.1 Å². The number of ketones is 1. The molecule has 1 N–H and O–H groups in total. The number of amides is 1. The molecule has 0 aliphatic carbocycles. The number of carbonyl (C=O) groups is 3. The smallest absolute Gasteiger partial charge is 0.338 e. The van der Waals surface area contributed by atoms with Gasteiger partial charge in [-0.05, 0) is 49.2 Å². The Labute approximate surface area is 172 Å². The third-order valence-corrected chi connectivity index (χ3v) is 4.72. The van der Waals surface area contributed by atoms with E-state index in [1.165, 1.54) is 31.2 Å². The van der Waals surface area contributed by atoms with Gasteiger partial charge in [0.25, 0.3) is 5.69 Å². The third-order valence-electron chi connectivity index (χ3n) is 4.72. The molecule has 9 nitrogen and oxygen atoms in total. The Hall–Kier alpha value is -3.75. The van der Waals surface area contributed by atoms with Crippen LogP contribution in [0, 0.1) is 10.1 Å². The van der Waals surface area contributed by atoms with Crippen LogP contribution in [0.2, 0.25) is 0 Å². The number of ether oxygens (including phenoxy) is 1. The fourth-order valence-electron chi connectivity index (χ4n) is 3.26. The molecule has 1 fully saturated rings. The summed E-state index contributed by atoms with van der Waals surface area (Å²) >= 11 is 0. The van der Waals surface area contributed by atoms with Gasteiger partial charge in [0.1, 0.15) is 5.69 Å². The molecule has 0 saturated carbocycles. The fourth-order valence-corrected chi connectivity index (χ4v) is 3.26. The summed E-state index contributed by atoms with van der Waals surface area (Å²) in [6, 6.07) is 10.4. The van der Waals surface area contributed by atoms with E-state index >= 15 is 0 Å². The van der Waals surface area contributed by atoms with Crippen LogP contribution >= 0.6 is 0 Å². The molecule has 30 heavy (non-hydrogen) atoms. The van der Waals surface area contributed by atoms with Gasteiger partial charge in [-0.15, -0.1) is 0 Å². The Morgan fingerprint density at radius 3 is 2.30 bits per heavy atom. The second-order valence-corrected chi connectivity index (χ2v) is 6.91. The number of esters is 1. The molecule has 1 saturated heterocycles. The number of carbonyl (C=O) groups excluding carboxylic acids is 3. The zero-order valence-corrected chi connectivity index (χ0v) is 16.4. The van der Waals surface area contributed by atoms with E-state index in [9.17, 15) is 24.5 Å². The van der Waals surface area contributed by atoms with Crippen molar-refractivity contribution in [1.82, 2.24) is 0 Å². The lowest BCUT2D eigenvalue weighted by molar-refractivity contribution is -0.384. The molecule has 1 aliphatic heterocycles. The predicted molar refractivity (Wildman–Crippen MR) is 110 cm³/mol. The zero-order chi connectivity index (χ0) is 21.7. The summed E-state index contributed by atoms with van der Waals surface area (Å²) in [5.41, 5.74) is 1.18. The van der Waals surface area contributed by atoms with Crippen LogP contribution in [-0.4, -0.2) is 42.3 Å². The van der Waals surface area contributed by atoms with Crippen LogP contribution in [0.1, 0.15) is 40.5 Å². The monoisotopic (exact) mass is 411 g/mol. The van der Waals surface area contributed by atoms with Gasteiger partial charge in [0.15, 0.2) is 12.4 Å². The van der Waals surface area contributed by atoms with Crippen LogP contribution in [0.5, 0.6) is 0 Å². The van der Waals surface area contributed by atoms with Crippen LogP contribution in [0.25, 0.3) is 0 Å². The number of rotatable bonds is 7. The summed E-state index contributed by atoms with van der Waals surface area (Å²) in [4.78, 5) is 48.4. The molecule has 1 heterocycles. The molecule has 0 radical (unpaired) electrons. The molecule has 2 aromatic rings. The van der Waals surface area contributed by atoms with E-state index in [-0.39, 0.29) is 17.2 Å². The molecule has 0 unspecified atom stereocenters. The first-order chi connectivity index (χ1) is 14.3. The Morgan fingerprint density at radius 2 is 1.70 bits per heavy atom. The van der Waals surface area contributed by atoms with Gasteiger partial charge in [0.05, 0.1) is 10.5 Å². The summed E-state index contributed by atoms with van der Waals surface area (Å²) in [6.45, 7) is 2.35. The van der Waals surface area contributed by atoms with Crippen LogP contribution in [-0.2, 0) is 9.53 Å². The first kappa shape index (κ1) is 21.0. The van der Waals surface area contributed by atoms with E-state index in [0.29, 0.717) is 16.9 Å². The van der Waals surface area contributed by atoms with Crippen molar-refractivity contribution in [2.75, 3.05) is 29.9 Å². The third kappa shape index (κ3) is 4.99. The molecule has 0 aromatic heterocycles. The molecule has 1 amide bonds. The van der Waals surface area contributed by atoms with Crippen molar-refractivity contribution in [3.8, 4) is 0 Å². The van der Waals surface area contributed by atoms with E-state index < -0.39 is 23.3 Å². The number of nitro benzene ring substituents is 1. The van der Waals surface area contributed by atoms with Gasteiger partial charge in [0, 0.05) is 37.3 Å². The van der Waals surface area contributed by atoms with E-state index in [1.807, 2.05) is 4.90 Å². The molecular weight excluding hydrogens is 390 g/mol. The van der Waals surface area contributed by atoms with Gasteiger partial charge in [-0.25, -0.2) is 4.79 Å². The molecule has 0 atom stereocenters. The lowest BCUT2D eigenvalue weighted by atomic mass is 10.1. The van der Waals surface area contributed by atoms with Crippen molar-refractivity contribution in [2.24, 2.45) is 0 Å². The SMILES string of the molecule is CC(=O)Nc1ccc(C(=O)COC(=O)c2ccc(N3CCCC3)c([N+](=O)[O-])c2)cc1. The van der Waals surface area contributed by atoms with Crippen molar-refractivity contribution in [2.45, 2.75) is 19.8 Å². The number of nitro groups is 1. The normalized spacial score (nSPS) is 13.0. The van der Waals surface area contributed by atoms with Gasteiger partial charge < -0.3 is 15.0 Å². The maximum absolute atomic E-state index is 12.3. The number of nitrogens with one attached hydrogen (secondary N) is 1. The molecular formula is C21H21N3O6. The van der Waals surface area contributed by atoms with Crippen molar-refractivity contribution < 1.29 is 24.0 Å². The van der Waals surface area contributed by atoms with Crippen molar-refractivity contribution in [3.63, 3.8) is 0 Å². The molecule has 2 aromatic carbocycles. The van der Waals surface area contributed by atoms with Gasteiger partial charge >= 0.3 is 5.97 Å². The standard InChI is InChI=1S/C21H21N3O6/c1-14(25)22-17-7-4-15(5-8-17)20(26)13-30-21(27)16-6-9-18(19(12-16)24(28)29)23-10-2-3-11-23/h4-9,12H,2-3,10-11,13H2,1H3,(H,22,25). The summed E-state index contributed by atoms with van der Waals surface area (Å²) < 4.78 is 5.04. The molecule has 0 spiro atoms. The highest BCUT2D eigenvalue weighted by Gasteiger charge is 2.24. The minimum Gasteiger partial charge on any atom is -0.454 e. The largest absolute Gasteiger partial charge is 0.454 e. The molecule has 156 valence electrons. The van der Waals surface area contributed by atoms with Gasteiger partial charge in [-0.3, -0.25) is 19.7 Å². The number of Topliss-reactive ketones (excluding diaryl/α,β-unsaturated/α-hetero) is 1. The van der Waals surface area contributed by atoms with Gasteiger partial charge in [-0.2, -0.15) is 0 Å². The first-order valence-corrected chi connectivity index (χ1v) is 9.46. The van der Waals surface area contributed by atoms with Crippen LogP contribution in [0.3, 0.4) is 0 Å². The number of anilines is 2. The highest BCUT2D eigenvalue weighted by Crippen LogP contribution is 2.31. The van der Waals surface area contributed by atoms with E-state index in [2.05, 4.69) is 5.32 Å². The zero-order valence-electron chi connectivity index (χ0n) is 16.4. The summed E-state index contributed by atoms with van der Waals surface area (Å²) in [5.74, 6) is -1.47. The maximum Gasteiger partial charge on any atom is 0.338 e. The second kappa shape index (κ2) is 9.17. The average molecular weight is 411 g/mol. The van der Waals surface area contributed by atoms with Gasteiger partial charge in [0.2, 0.25) is 5.91 Å². The van der Waals surface area contributed by atoms with Crippen molar-refractivity contribution in [3.05, 3.63) is 63.7 Å². The lowest BCUT2D eigenvalue weighted by Gasteiger charge is -2.17. The molecule has 1 aliphatic rings. The number of benzene rings is 2. The first-order valence-electron chi connectivity index (χ1n) is 9.46. The topological polar surface area (TPSA) is 119 Å². The number of nitrogens with zero attached hydrogens (tertiary/aromatic N) is 2. The van der Waals surface area contributed by atoms with Gasteiger partial charge in [-0.1, -0.05) is 0 Å². The molecule has 3 rings (SSSR count). The van der Waals surface area contributed by atoms with Crippen molar-refractivity contribution in [1.29, 1.82) is 0 Å². The van der Waals surface area contributed by atoms with E-state index in [1.54, 1.807) is 18.2 Å².